The molecule has 0 aliphatic heterocycles. The molecule has 4 saturated carbocycles. The van der Waals surface area contributed by atoms with Crippen LogP contribution >= 0.6 is 7.92 Å². The van der Waals surface area contributed by atoms with E-state index in [9.17, 15) is 0 Å². The normalized spacial score (nSPS) is 28.1. The Kier molecular flexibility index (Phi) is 20.3. The van der Waals surface area contributed by atoms with E-state index in [4.69, 9.17) is 0 Å². The first-order chi connectivity index (χ1) is 12.8. The molecule has 0 N–H and O–H groups in total. The molecule has 0 bridgehead atoms. The molecular formula is C28H57FeP. The molecule has 0 aromatic heterocycles. The first-order valence-corrected chi connectivity index (χ1v) is 14.1. The predicted molar refractivity (Wildman–Crippen MR) is 139 cm³/mol. The molecule has 4 aliphatic carbocycles. The molecule has 4 aliphatic rings. The first kappa shape index (κ1) is 33.1. The first-order valence-electron chi connectivity index (χ1n) is 12.5. The van der Waals surface area contributed by atoms with Gasteiger partial charge in [0.1, 0.15) is 0 Å². The maximum atomic E-state index is 2.70. The summed E-state index contributed by atoms with van der Waals surface area (Å²) in [4.78, 5) is 0. The SMILES string of the molecule is C.C1CCCC1.CC1CCCC1[C@@H](C)P(C1CCCCC1)C1CCCCC1.[CH3-].[CH3-].[Fe+2]. The van der Waals surface area contributed by atoms with Crippen LogP contribution in [0.1, 0.15) is 137 Å². The van der Waals surface area contributed by atoms with Crippen LogP contribution in [0, 0.1) is 26.7 Å². The zero-order chi connectivity index (χ0) is 18.2. The zero-order valence-electron chi connectivity index (χ0n) is 20.4. The summed E-state index contributed by atoms with van der Waals surface area (Å²) in [5.41, 5.74) is 3.38. The molecule has 0 spiro atoms. The Morgan fingerprint density at radius 1 is 0.567 bits per heavy atom. The summed E-state index contributed by atoms with van der Waals surface area (Å²) in [7, 11) is 0.304. The summed E-state index contributed by atoms with van der Waals surface area (Å²) in [5.74, 6) is 2.11. The number of hydrogen-bond acceptors (Lipinski definition) is 0. The van der Waals surface area contributed by atoms with Crippen molar-refractivity contribution in [1.29, 1.82) is 0 Å². The minimum absolute atomic E-state index is 0. The maximum Gasteiger partial charge on any atom is 2.00 e. The average Bonchev–Trinajstić information content (AvgIpc) is 3.38. The summed E-state index contributed by atoms with van der Waals surface area (Å²) < 4.78 is 0. The van der Waals surface area contributed by atoms with Gasteiger partial charge in [-0.15, -0.1) is 0 Å². The van der Waals surface area contributed by atoms with Gasteiger partial charge in [0.2, 0.25) is 0 Å². The fourth-order valence-electron chi connectivity index (χ4n) is 6.72. The van der Waals surface area contributed by atoms with Gasteiger partial charge in [0.15, 0.2) is 0 Å². The average molecular weight is 481 g/mol. The third-order valence-corrected chi connectivity index (χ3v) is 12.3. The molecule has 0 nitrogen and oxygen atoms in total. The minimum Gasteiger partial charge on any atom is -0.358 e. The molecule has 4 rings (SSSR count). The number of rotatable bonds is 4. The Morgan fingerprint density at radius 3 is 1.27 bits per heavy atom. The summed E-state index contributed by atoms with van der Waals surface area (Å²) >= 11 is 0. The van der Waals surface area contributed by atoms with Crippen molar-refractivity contribution in [3.63, 3.8) is 0 Å². The molecule has 2 unspecified atom stereocenters. The van der Waals surface area contributed by atoms with Crippen LogP contribution in [0.3, 0.4) is 0 Å². The molecule has 30 heavy (non-hydrogen) atoms. The van der Waals surface area contributed by atoms with Crippen molar-refractivity contribution < 1.29 is 17.1 Å². The van der Waals surface area contributed by atoms with E-state index in [0.29, 0.717) is 7.92 Å². The van der Waals surface area contributed by atoms with Crippen molar-refractivity contribution in [2.75, 3.05) is 0 Å². The van der Waals surface area contributed by atoms with Crippen molar-refractivity contribution in [1.82, 2.24) is 0 Å². The van der Waals surface area contributed by atoms with E-state index in [2.05, 4.69) is 13.8 Å². The van der Waals surface area contributed by atoms with Gasteiger partial charge in [-0.3, -0.25) is 0 Å². The van der Waals surface area contributed by atoms with Crippen LogP contribution < -0.4 is 0 Å². The largest absolute Gasteiger partial charge is 2.00 e. The summed E-state index contributed by atoms with van der Waals surface area (Å²) in [6.45, 7) is 5.25. The van der Waals surface area contributed by atoms with Crippen LogP contribution in [0.2, 0.25) is 0 Å². The molecule has 4 fully saturated rings. The Bertz CT molecular complexity index is 343. The third kappa shape index (κ3) is 9.84. The van der Waals surface area contributed by atoms with E-state index in [1.807, 2.05) is 0 Å². The second kappa shape index (κ2) is 18.4. The molecule has 0 heterocycles. The monoisotopic (exact) mass is 480 g/mol. The molecular weight excluding hydrogens is 423 g/mol. The standard InChI is InChI=1S/C20H37P.C5H10.CH4.2CH3.Fe/c1-16-10-9-15-20(16)17(2)21(18-11-5-3-6-12-18)19-13-7-4-8-14-19;1-2-4-5-3-1;;;;/h16-20H,3-15H2,1-2H3;1-5H2;1H4;2*1H3;/q;;;2*-1;+2/t16?,17-,20?;;;;;/m1...../s1. The predicted octanol–water partition coefficient (Wildman–Crippen LogP) is 10.4. The Morgan fingerprint density at radius 2 is 0.933 bits per heavy atom. The van der Waals surface area contributed by atoms with Crippen LogP contribution in [-0.4, -0.2) is 17.0 Å². The van der Waals surface area contributed by atoms with Gasteiger partial charge in [-0.05, 0) is 60.9 Å². The minimum atomic E-state index is 0. The Balaban J connectivity index is 0. The molecule has 182 valence electrons. The second-order valence-corrected chi connectivity index (χ2v) is 13.3. The van der Waals surface area contributed by atoms with Crippen molar-refractivity contribution in [2.24, 2.45) is 11.8 Å². The van der Waals surface area contributed by atoms with Crippen molar-refractivity contribution in [3.8, 4) is 0 Å². The quantitative estimate of drug-likeness (QED) is 0.213. The maximum absolute atomic E-state index is 2.70. The van der Waals surface area contributed by atoms with Crippen LogP contribution in [0.15, 0.2) is 0 Å². The van der Waals surface area contributed by atoms with Gasteiger partial charge >= 0.3 is 17.1 Å². The molecule has 0 amide bonds. The van der Waals surface area contributed by atoms with Gasteiger partial charge in [0.05, 0.1) is 0 Å². The van der Waals surface area contributed by atoms with Gasteiger partial charge in [0, 0.05) is 0 Å². The Labute approximate surface area is 205 Å². The van der Waals surface area contributed by atoms with Crippen molar-refractivity contribution in [3.05, 3.63) is 14.9 Å². The van der Waals surface area contributed by atoms with Gasteiger partial charge in [-0.2, -0.15) is 0 Å². The molecule has 0 saturated heterocycles. The fourth-order valence-corrected chi connectivity index (χ4v) is 11.5. The molecule has 0 aromatic carbocycles. The topological polar surface area (TPSA) is 0 Å². The fraction of sp³-hybridized carbons (Fsp3) is 0.929. The van der Waals surface area contributed by atoms with Crippen LogP contribution in [0.4, 0.5) is 0 Å². The van der Waals surface area contributed by atoms with Gasteiger partial charge < -0.3 is 14.9 Å². The summed E-state index contributed by atoms with van der Waals surface area (Å²) in [5, 5.41) is 0. The van der Waals surface area contributed by atoms with Crippen molar-refractivity contribution >= 4 is 7.92 Å². The third-order valence-electron chi connectivity index (χ3n) is 8.26. The molecule has 3 atom stereocenters. The Hall–Kier alpha value is 0.949. The van der Waals surface area contributed by atoms with Gasteiger partial charge in [-0.1, -0.05) is 113 Å². The van der Waals surface area contributed by atoms with E-state index in [-0.39, 0.29) is 39.3 Å². The smallest absolute Gasteiger partial charge is 0.358 e. The van der Waals surface area contributed by atoms with Crippen LogP contribution in [-0.2, 0) is 17.1 Å². The number of hydrogen-bond donors (Lipinski definition) is 0. The van der Waals surface area contributed by atoms with Gasteiger partial charge in [0.25, 0.3) is 0 Å². The molecule has 0 radical (unpaired) electrons. The summed E-state index contributed by atoms with van der Waals surface area (Å²) in [6.07, 6.45) is 27.7. The molecule has 0 aromatic rings. The van der Waals surface area contributed by atoms with E-state index < -0.39 is 0 Å². The van der Waals surface area contributed by atoms with E-state index >= 15 is 0 Å². The molecule has 2 heteroatoms. The van der Waals surface area contributed by atoms with E-state index in [1.54, 1.807) is 57.8 Å². The second-order valence-electron chi connectivity index (χ2n) is 10.1. The van der Waals surface area contributed by atoms with Crippen LogP contribution in [0.5, 0.6) is 0 Å². The van der Waals surface area contributed by atoms with E-state index in [0.717, 1.165) is 28.8 Å². The van der Waals surface area contributed by atoms with E-state index in [1.165, 1.54) is 57.8 Å². The van der Waals surface area contributed by atoms with Gasteiger partial charge in [-0.25, -0.2) is 0 Å². The summed E-state index contributed by atoms with van der Waals surface area (Å²) in [6, 6.07) is 0. The zero-order valence-corrected chi connectivity index (χ0v) is 22.4. The van der Waals surface area contributed by atoms with Crippen molar-refractivity contribution in [2.45, 2.75) is 154 Å². The van der Waals surface area contributed by atoms with Crippen LogP contribution in [0.25, 0.3) is 0 Å².